The summed E-state index contributed by atoms with van der Waals surface area (Å²) in [5, 5.41) is 41.9. The largest absolute Gasteiger partial charge is 1.00 e. The number of ketones is 2. The molecule has 0 atom stereocenters. The van der Waals surface area contributed by atoms with Crippen molar-refractivity contribution < 1.29 is 88.8 Å². The number of nitro benzene ring substituents is 2. The summed E-state index contributed by atoms with van der Waals surface area (Å²) in [5.41, 5.74) is -4.33. The smallest absolute Gasteiger partial charge is 0.507 e. The van der Waals surface area contributed by atoms with Gasteiger partial charge in [0.25, 0.3) is 11.4 Å². The number of hydrogen-bond acceptors (Lipinski definition) is 8. The van der Waals surface area contributed by atoms with Crippen molar-refractivity contribution in [1.29, 1.82) is 0 Å². The first-order valence-electron chi connectivity index (χ1n) is 6.35. The van der Waals surface area contributed by atoms with Crippen LogP contribution in [0.4, 0.5) is 11.4 Å². The van der Waals surface area contributed by atoms with Crippen molar-refractivity contribution in [3.8, 4) is 11.5 Å². The average molecular weight is 376 g/mol. The second-order valence-electron chi connectivity index (χ2n) is 4.88. The molecule has 0 heterocycles. The minimum atomic E-state index is -1.15. The topological polar surface area (TPSA) is 161 Å². The molecular weight excluding hydrogens is 370 g/mol. The van der Waals surface area contributed by atoms with Crippen molar-refractivity contribution in [3.63, 3.8) is 0 Å². The van der Waals surface area contributed by atoms with Gasteiger partial charge in [-0.15, -0.1) is 0 Å². The van der Waals surface area contributed by atoms with E-state index in [0.29, 0.717) is 0 Å². The molecule has 0 radical (unpaired) electrons. The molecule has 1 aliphatic carbocycles. The molecule has 10 nitrogen and oxygen atoms in total. The Morgan fingerprint density at radius 2 is 0.962 bits per heavy atom. The summed E-state index contributed by atoms with van der Waals surface area (Å²) >= 11 is 0. The molecule has 120 valence electrons. The van der Waals surface area contributed by atoms with E-state index in [1.165, 1.54) is 0 Å². The monoisotopic (exact) mass is 376 g/mol. The maximum atomic E-state index is 12.6. The van der Waals surface area contributed by atoms with Gasteiger partial charge in [0.15, 0.2) is 0 Å². The molecule has 26 heavy (non-hydrogen) atoms. The van der Waals surface area contributed by atoms with Crippen molar-refractivity contribution >= 4 is 22.9 Å². The summed E-state index contributed by atoms with van der Waals surface area (Å²) in [4.78, 5) is 45.5. The van der Waals surface area contributed by atoms with Crippen LogP contribution in [0.25, 0.3) is 0 Å². The zero-order valence-corrected chi connectivity index (χ0v) is 17.5. The van der Waals surface area contributed by atoms with E-state index in [-0.39, 0.29) is 59.1 Å². The Hall–Kier alpha value is -1.82. The summed E-state index contributed by atoms with van der Waals surface area (Å²) in [5.74, 6) is -3.75. The minimum absolute atomic E-state index is 0. The van der Waals surface area contributed by atoms with Gasteiger partial charge >= 0.3 is 59.1 Å². The van der Waals surface area contributed by atoms with Crippen LogP contribution in [0.15, 0.2) is 24.3 Å². The Morgan fingerprint density at radius 3 is 1.23 bits per heavy atom. The Balaban J connectivity index is 0.00000169. The third kappa shape index (κ3) is 3.15. The van der Waals surface area contributed by atoms with Crippen LogP contribution in [0, 0.1) is 20.2 Å². The van der Waals surface area contributed by atoms with Gasteiger partial charge in [0.2, 0.25) is 11.6 Å². The number of hydrogen-bond donors (Lipinski definition) is 2. The number of phenolic OH excluding ortho intramolecular Hbond substituents is 2. The van der Waals surface area contributed by atoms with Gasteiger partial charge in [0.1, 0.15) is 22.6 Å². The van der Waals surface area contributed by atoms with Gasteiger partial charge in [-0.05, 0) is 12.1 Å². The molecule has 0 saturated carbocycles. The van der Waals surface area contributed by atoms with E-state index >= 15 is 0 Å². The summed E-state index contributed by atoms with van der Waals surface area (Å²) in [6.45, 7) is 0. The maximum Gasteiger partial charge on any atom is 1.00 e. The predicted octanol–water partition coefficient (Wildman–Crippen LogP) is -4.30. The first-order chi connectivity index (χ1) is 11.3. The number of aromatic hydroxyl groups is 2. The van der Waals surface area contributed by atoms with Gasteiger partial charge in [-0.1, -0.05) is 0 Å². The standard InChI is InChI=1S/C14H6N2O8.2Na/c17-7-3-1-5(15(21)22)9-11(7)14(20)10-6(16(23)24)2-4-8(18)12(10)13(9)19;;/h1-4,17-18H;;/q;2*+1. The van der Waals surface area contributed by atoms with Gasteiger partial charge in [0, 0.05) is 12.1 Å². The van der Waals surface area contributed by atoms with Crippen molar-refractivity contribution in [2.45, 2.75) is 0 Å². The van der Waals surface area contributed by atoms with E-state index in [1.54, 1.807) is 0 Å². The first kappa shape index (κ1) is 22.2. The van der Waals surface area contributed by atoms with Crippen LogP contribution >= 0.6 is 0 Å². The molecular formula is C14H6N2Na2O8+2. The molecule has 0 amide bonds. The van der Waals surface area contributed by atoms with E-state index in [0.717, 1.165) is 24.3 Å². The van der Waals surface area contributed by atoms with E-state index in [1.807, 2.05) is 0 Å². The molecule has 0 bridgehead atoms. The number of fused-ring (bicyclic) bond motifs is 2. The number of carbonyl (C=O) groups excluding carboxylic acids is 2. The quantitative estimate of drug-likeness (QED) is 0.258. The third-order valence-electron chi connectivity index (χ3n) is 3.62. The van der Waals surface area contributed by atoms with E-state index in [9.17, 15) is 40.0 Å². The first-order valence-corrected chi connectivity index (χ1v) is 6.35. The van der Waals surface area contributed by atoms with Gasteiger partial charge < -0.3 is 10.2 Å². The van der Waals surface area contributed by atoms with Crippen LogP contribution in [0.2, 0.25) is 0 Å². The fraction of sp³-hybridized carbons (Fsp3) is 0. The third-order valence-corrected chi connectivity index (χ3v) is 3.62. The van der Waals surface area contributed by atoms with Crippen molar-refractivity contribution in [2.75, 3.05) is 0 Å². The van der Waals surface area contributed by atoms with Crippen LogP contribution in [0.1, 0.15) is 31.8 Å². The molecule has 0 fully saturated rings. The van der Waals surface area contributed by atoms with Crippen molar-refractivity contribution in [2.24, 2.45) is 0 Å². The number of nitrogens with zero attached hydrogens (tertiary/aromatic N) is 2. The molecule has 0 spiro atoms. The average Bonchev–Trinajstić information content (AvgIpc) is 2.51. The molecule has 2 aromatic carbocycles. The molecule has 1 aliphatic rings. The summed E-state index contributed by atoms with van der Waals surface area (Å²) in [6.07, 6.45) is 0. The van der Waals surface area contributed by atoms with Gasteiger partial charge in [-0.2, -0.15) is 0 Å². The minimum Gasteiger partial charge on any atom is -0.507 e. The maximum absolute atomic E-state index is 12.6. The van der Waals surface area contributed by atoms with Crippen molar-refractivity contribution in [1.82, 2.24) is 0 Å². The SMILES string of the molecule is O=C1c2c(O)ccc([N+](=O)[O-])c2C(=O)c2c(O)ccc([N+](=O)[O-])c21.[Na+].[Na+]. The molecule has 0 unspecified atom stereocenters. The fourth-order valence-corrected chi connectivity index (χ4v) is 2.64. The summed E-state index contributed by atoms with van der Waals surface area (Å²) in [7, 11) is 0. The van der Waals surface area contributed by atoms with E-state index in [2.05, 4.69) is 0 Å². The second-order valence-corrected chi connectivity index (χ2v) is 4.88. The normalized spacial score (nSPS) is 11.5. The van der Waals surface area contributed by atoms with Gasteiger partial charge in [0.05, 0.1) is 21.0 Å². The predicted molar refractivity (Wildman–Crippen MR) is 76.4 cm³/mol. The van der Waals surface area contributed by atoms with Crippen LogP contribution < -0.4 is 59.1 Å². The molecule has 2 N–H and O–H groups in total. The number of phenols is 2. The Kier molecular flexibility index (Phi) is 6.69. The molecule has 0 saturated heterocycles. The zero-order valence-electron chi connectivity index (χ0n) is 13.5. The fourth-order valence-electron chi connectivity index (χ4n) is 2.64. The zero-order chi connectivity index (χ0) is 17.8. The van der Waals surface area contributed by atoms with Crippen LogP contribution in [-0.2, 0) is 0 Å². The van der Waals surface area contributed by atoms with Crippen LogP contribution in [-0.4, -0.2) is 31.6 Å². The van der Waals surface area contributed by atoms with E-state index < -0.39 is 66.5 Å². The number of rotatable bonds is 2. The Morgan fingerprint density at radius 1 is 0.654 bits per heavy atom. The second kappa shape index (κ2) is 7.82. The molecule has 2 aromatic rings. The van der Waals surface area contributed by atoms with E-state index in [4.69, 9.17) is 0 Å². The molecule has 0 aromatic heterocycles. The van der Waals surface area contributed by atoms with Crippen LogP contribution in [0.5, 0.6) is 11.5 Å². The van der Waals surface area contributed by atoms with Gasteiger partial charge in [-0.3, -0.25) is 29.8 Å². The summed E-state index contributed by atoms with van der Waals surface area (Å²) in [6, 6.07) is 3.36. The Bertz CT molecular complexity index is 910. The number of nitro groups is 2. The van der Waals surface area contributed by atoms with Gasteiger partial charge in [-0.25, -0.2) is 0 Å². The number of benzene rings is 2. The molecule has 3 rings (SSSR count). The van der Waals surface area contributed by atoms with Crippen molar-refractivity contribution in [3.05, 3.63) is 66.7 Å². The number of carbonyl (C=O) groups is 2. The molecule has 12 heteroatoms. The molecule has 0 aliphatic heterocycles. The van der Waals surface area contributed by atoms with Crippen LogP contribution in [0.3, 0.4) is 0 Å². The summed E-state index contributed by atoms with van der Waals surface area (Å²) < 4.78 is 0. The Labute approximate surface area is 188 Å².